The fraction of sp³-hybridized carbons (Fsp3) is 0.0357. The molecule has 0 N–H and O–H groups in total. The monoisotopic (exact) mass is 1530 g/mol. The summed E-state index contributed by atoms with van der Waals surface area (Å²) in [6, 6.07) is 144. The standard InChI is InChI=1S/C112H68N6O2/c1-3-25-69(26-4-1)105-113-107(117-109(115-105)87-37-11-7-29-77(87)75-57-61-101-97(65-75)111(95-43-21-23-45-99(95)119-101)91-39-17-13-31-79(91)80-32-14-18-40-92(80)111)71-51-47-67(48-52-71)73-55-59-85-89(63-73)103-83-35-9-10-36-84(83)104(85)90-64-74(56-60-86(90)103)68-49-53-72(54-50-68)108-114-106(70-27-5-2-6-28-70)116-110(118-108)88-38-12-8-30-78(88)76-58-62-102-98(66-76)112(96-44-22-24-46-100(96)120-102)93-41-19-15-33-81(93)82-34-16-20-42-94(82)112/h1-66,103-104H. The Morgan fingerprint density at radius 1 is 0.158 bits per heavy atom. The third-order valence-electron chi connectivity index (χ3n) is 26.0. The summed E-state index contributed by atoms with van der Waals surface area (Å²) in [5.74, 6) is 7.06. The van der Waals surface area contributed by atoms with E-state index in [0.717, 1.165) is 123 Å². The maximum atomic E-state index is 6.87. The Morgan fingerprint density at radius 2 is 0.417 bits per heavy atom. The van der Waals surface area contributed by atoms with Crippen LogP contribution in [-0.4, -0.2) is 29.9 Å². The van der Waals surface area contributed by atoms with Crippen LogP contribution in [0.15, 0.2) is 400 Å². The highest BCUT2D eigenvalue weighted by molar-refractivity contribution is 5.94. The van der Waals surface area contributed by atoms with Crippen LogP contribution in [0.2, 0.25) is 0 Å². The van der Waals surface area contributed by atoms with Crippen molar-refractivity contribution in [3.8, 4) is 158 Å². The Morgan fingerprint density at radius 3 is 0.792 bits per heavy atom. The first-order valence-electron chi connectivity index (χ1n) is 41.1. The molecule has 120 heavy (non-hydrogen) atoms. The van der Waals surface area contributed by atoms with Crippen molar-refractivity contribution < 1.29 is 9.47 Å². The molecule has 0 saturated carbocycles. The lowest BCUT2D eigenvalue weighted by Crippen LogP contribution is -2.32. The zero-order valence-corrected chi connectivity index (χ0v) is 64.8. The fourth-order valence-electron chi connectivity index (χ4n) is 20.8. The number of para-hydroxylation sites is 2. The first-order valence-corrected chi connectivity index (χ1v) is 41.1. The van der Waals surface area contributed by atoms with Crippen LogP contribution in [0, 0.1) is 0 Å². The van der Waals surface area contributed by atoms with E-state index in [9.17, 15) is 0 Å². The third kappa shape index (κ3) is 10.1. The number of nitrogens with zero attached hydrogens (tertiary/aromatic N) is 6. The molecule has 5 aliphatic carbocycles. The molecule has 558 valence electrons. The lowest BCUT2D eigenvalue weighted by atomic mass is 9.60. The number of hydrogen-bond acceptors (Lipinski definition) is 8. The van der Waals surface area contributed by atoms with Gasteiger partial charge in [-0.1, -0.05) is 352 Å². The maximum Gasteiger partial charge on any atom is 0.164 e. The van der Waals surface area contributed by atoms with Gasteiger partial charge < -0.3 is 9.47 Å². The molecule has 0 fully saturated rings. The lowest BCUT2D eigenvalue weighted by molar-refractivity contribution is 0.436. The Bertz CT molecular complexity index is 6970. The molecule has 4 heterocycles. The summed E-state index contributed by atoms with van der Waals surface area (Å²) in [5, 5.41) is 0. The van der Waals surface area contributed by atoms with Crippen molar-refractivity contribution >= 4 is 0 Å². The Kier molecular flexibility index (Phi) is 14.9. The van der Waals surface area contributed by atoms with Crippen molar-refractivity contribution in [1.29, 1.82) is 0 Å². The summed E-state index contributed by atoms with van der Waals surface area (Å²) in [6.07, 6.45) is 0. The zero-order chi connectivity index (χ0) is 78.7. The summed E-state index contributed by atoms with van der Waals surface area (Å²) >= 11 is 0. The van der Waals surface area contributed by atoms with Crippen molar-refractivity contribution in [1.82, 2.24) is 29.9 Å². The summed E-state index contributed by atoms with van der Waals surface area (Å²) in [5.41, 5.74) is 35.2. The zero-order valence-electron chi connectivity index (χ0n) is 64.8. The van der Waals surface area contributed by atoms with E-state index in [1.807, 2.05) is 36.4 Å². The van der Waals surface area contributed by atoms with Gasteiger partial charge in [-0.25, -0.2) is 29.9 Å². The second-order valence-corrected chi connectivity index (χ2v) is 32.1. The second-order valence-electron chi connectivity index (χ2n) is 32.1. The SMILES string of the molecule is c1ccc(-c2nc(-c3ccc(-c4ccc5c(c4)C4c6ccccc6C5c5cc(-c6ccc(-c7nc(-c8ccccc8)nc(-c8ccccc8-c8ccc9c(c8)C8(c%10ccccc%10O9)c9ccccc9-c9ccccc98)n7)cc6)ccc54)cc3)nc(-c3ccccc3-c3ccc4c(c3)C3(c5ccccc5O4)c4ccccc4-c4ccccc43)n2)cc1. The largest absolute Gasteiger partial charge is 0.457 e. The number of ether oxygens (including phenoxy) is 2. The van der Waals surface area contributed by atoms with E-state index in [0.29, 0.717) is 34.9 Å². The quantitative estimate of drug-likeness (QED) is 0.134. The molecule has 2 bridgehead atoms. The molecular weight excluding hydrogens is 1460 g/mol. The van der Waals surface area contributed by atoms with Crippen molar-refractivity contribution in [3.05, 3.63) is 478 Å². The lowest BCUT2D eigenvalue weighted by Gasteiger charge is -2.42. The highest BCUT2D eigenvalue weighted by Gasteiger charge is 2.53. The highest BCUT2D eigenvalue weighted by Crippen LogP contribution is 2.65. The molecule has 17 aromatic carbocycles. The summed E-state index contributed by atoms with van der Waals surface area (Å²) < 4.78 is 13.7. The van der Waals surface area contributed by atoms with Crippen molar-refractivity contribution in [2.24, 2.45) is 0 Å². The first kappa shape index (κ1) is 67.7. The molecule has 2 spiro atoms. The Labute approximate surface area is 693 Å². The molecule has 2 aliphatic heterocycles. The van der Waals surface area contributed by atoms with Gasteiger partial charge in [-0.2, -0.15) is 0 Å². The molecule has 2 unspecified atom stereocenters. The van der Waals surface area contributed by atoms with Gasteiger partial charge in [0.15, 0.2) is 34.9 Å². The van der Waals surface area contributed by atoms with Gasteiger partial charge >= 0.3 is 0 Å². The van der Waals surface area contributed by atoms with Crippen molar-refractivity contribution in [3.63, 3.8) is 0 Å². The summed E-state index contributed by atoms with van der Waals surface area (Å²) in [7, 11) is 0. The minimum Gasteiger partial charge on any atom is -0.457 e. The van der Waals surface area contributed by atoms with Gasteiger partial charge in [0.1, 0.15) is 23.0 Å². The molecule has 0 radical (unpaired) electrons. The normalized spacial score (nSPS) is 14.8. The van der Waals surface area contributed by atoms with E-state index in [1.165, 1.54) is 77.9 Å². The predicted octanol–water partition coefficient (Wildman–Crippen LogP) is 26.7. The van der Waals surface area contributed by atoms with Gasteiger partial charge in [-0.05, 0) is 171 Å². The molecule has 8 nitrogen and oxygen atoms in total. The van der Waals surface area contributed by atoms with E-state index >= 15 is 0 Å². The third-order valence-corrected chi connectivity index (χ3v) is 26.0. The minimum absolute atomic E-state index is 0.0538. The number of aromatic nitrogens is 6. The van der Waals surface area contributed by atoms with Gasteiger partial charge in [-0.15, -0.1) is 0 Å². The van der Waals surface area contributed by atoms with E-state index in [4.69, 9.17) is 39.4 Å². The van der Waals surface area contributed by atoms with Crippen molar-refractivity contribution in [2.45, 2.75) is 22.7 Å². The molecular formula is C112H68N6O2. The molecule has 2 atom stereocenters. The number of hydrogen-bond donors (Lipinski definition) is 0. The molecule has 8 heteroatoms. The topological polar surface area (TPSA) is 95.8 Å². The summed E-state index contributed by atoms with van der Waals surface area (Å²) in [4.78, 5) is 32.0. The minimum atomic E-state index is -0.616. The molecule has 2 aromatic heterocycles. The Hall–Kier alpha value is -15.6. The fourth-order valence-corrected chi connectivity index (χ4v) is 20.8. The smallest absolute Gasteiger partial charge is 0.164 e. The molecule has 7 aliphatic rings. The second kappa shape index (κ2) is 26.4. The van der Waals surface area contributed by atoms with Crippen LogP contribution in [0.5, 0.6) is 23.0 Å². The summed E-state index contributed by atoms with van der Waals surface area (Å²) in [6.45, 7) is 0. The van der Waals surface area contributed by atoms with E-state index in [-0.39, 0.29) is 11.8 Å². The van der Waals surface area contributed by atoms with Crippen LogP contribution in [0.1, 0.15) is 89.7 Å². The number of benzene rings is 17. The van der Waals surface area contributed by atoms with Crippen LogP contribution >= 0.6 is 0 Å². The van der Waals surface area contributed by atoms with Gasteiger partial charge in [0.05, 0.1) is 10.8 Å². The highest BCUT2D eigenvalue weighted by atomic mass is 16.5. The van der Waals surface area contributed by atoms with E-state index in [2.05, 4.69) is 364 Å². The van der Waals surface area contributed by atoms with Crippen LogP contribution in [0.25, 0.3) is 135 Å². The van der Waals surface area contributed by atoms with Gasteiger partial charge in [0, 0.05) is 67.5 Å². The van der Waals surface area contributed by atoms with Gasteiger partial charge in [-0.3, -0.25) is 0 Å². The van der Waals surface area contributed by atoms with Crippen LogP contribution < -0.4 is 9.47 Å². The Balaban J connectivity index is 0.530. The van der Waals surface area contributed by atoms with Crippen molar-refractivity contribution in [2.75, 3.05) is 0 Å². The number of rotatable bonds is 10. The molecule has 0 amide bonds. The van der Waals surface area contributed by atoms with Crippen LogP contribution in [0.3, 0.4) is 0 Å². The molecule has 19 aromatic rings. The van der Waals surface area contributed by atoms with Crippen LogP contribution in [0.4, 0.5) is 0 Å². The van der Waals surface area contributed by atoms with Gasteiger partial charge in [0.25, 0.3) is 0 Å². The van der Waals surface area contributed by atoms with Crippen LogP contribution in [-0.2, 0) is 10.8 Å². The molecule has 0 saturated heterocycles. The maximum absolute atomic E-state index is 6.87. The average molecular weight is 1530 g/mol. The number of fused-ring (bicyclic) bond motifs is 18. The van der Waals surface area contributed by atoms with E-state index in [1.54, 1.807) is 0 Å². The average Bonchev–Trinajstić information content (AvgIpc) is 1.49. The van der Waals surface area contributed by atoms with Gasteiger partial charge in [0.2, 0.25) is 0 Å². The van der Waals surface area contributed by atoms with E-state index < -0.39 is 10.8 Å². The first-order chi connectivity index (χ1) is 59.5. The predicted molar refractivity (Wildman–Crippen MR) is 477 cm³/mol. The molecule has 26 rings (SSSR count).